The molecule has 0 aromatic carbocycles. The number of alkyl halides is 3. The lowest BCUT2D eigenvalue weighted by molar-refractivity contribution is -0.191. The Morgan fingerprint density at radius 3 is 2.57 bits per heavy atom. The number of nitrogens with one attached hydrogen (secondary N) is 1. The molecule has 4 nitrogen and oxygen atoms in total. The van der Waals surface area contributed by atoms with E-state index in [-0.39, 0.29) is 12.3 Å². The summed E-state index contributed by atoms with van der Waals surface area (Å²) in [5.74, 6) is -0.684. The third-order valence-corrected chi connectivity index (χ3v) is 1.36. The van der Waals surface area contributed by atoms with E-state index in [1.807, 2.05) is 0 Å². The lowest BCUT2D eigenvalue weighted by atomic mass is 10.1. The van der Waals surface area contributed by atoms with Gasteiger partial charge in [0.2, 0.25) is 5.91 Å². The van der Waals surface area contributed by atoms with Crippen LogP contribution in [0.4, 0.5) is 13.2 Å². The molecule has 0 bridgehead atoms. The van der Waals surface area contributed by atoms with E-state index < -0.39 is 18.7 Å². The van der Waals surface area contributed by atoms with Crippen molar-refractivity contribution in [2.45, 2.75) is 19.5 Å². The Bertz CT molecular complexity index is 184. The van der Waals surface area contributed by atoms with Crippen molar-refractivity contribution in [1.82, 2.24) is 5.48 Å². The van der Waals surface area contributed by atoms with E-state index in [2.05, 4.69) is 4.84 Å². The minimum atomic E-state index is -4.44. The molecule has 0 aromatic rings. The van der Waals surface area contributed by atoms with Crippen molar-refractivity contribution < 1.29 is 22.8 Å². The van der Waals surface area contributed by atoms with Crippen LogP contribution in [0.1, 0.15) is 13.3 Å². The fourth-order valence-corrected chi connectivity index (χ4v) is 0.640. The van der Waals surface area contributed by atoms with Crippen molar-refractivity contribution in [2.24, 2.45) is 11.7 Å². The Morgan fingerprint density at radius 2 is 2.14 bits per heavy atom. The van der Waals surface area contributed by atoms with Gasteiger partial charge in [0.05, 0.1) is 0 Å². The quantitative estimate of drug-likeness (QED) is 0.658. The highest BCUT2D eigenvalue weighted by molar-refractivity contribution is 5.74. The van der Waals surface area contributed by atoms with E-state index in [4.69, 9.17) is 5.73 Å². The van der Waals surface area contributed by atoms with E-state index in [1.54, 1.807) is 12.4 Å². The molecule has 7 heteroatoms. The standard InChI is InChI=1S/C7H13F3N2O2/c1-5(3-11)2-6(13)12-14-4-7(8,9)10/h5H,2-4,11H2,1H3,(H,12,13). The lowest BCUT2D eigenvalue weighted by Crippen LogP contribution is -2.31. The van der Waals surface area contributed by atoms with Crippen LogP contribution in [0.15, 0.2) is 0 Å². The first kappa shape index (κ1) is 13.2. The van der Waals surface area contributed by atoms with Gasteiger partial charge in [-0.15, -0.1) is 0 Å². The van der Waals surface area contributed by atoms with Crippen LogP contribution in [0.5, 0.6) is 0 Å². The average molecular weight is 214 g/mol. The van der Waals surface area contributed by atoms with Gasteiger partial charge in [0, 0.05) is 6.42 Å². The van der Waals surface area contributed by atoms with Gasteiger partial charge < -0.3 is 5.73 Å². The minimum Gasteiger partial charge on any atom is -0.330 e. The molecule has 0 fully saturated rings. The molecule has 14 heavy (non-hydrogen) atoms. The number of halogens is 3. The fraction of sp³-hybridized carbons (Fsp3) is 0.857. The van der Waals surface area contributed by atoms with E-state index >= 15 is 0 Å². The molecule has 0 aliphatic rings. The summed E-state index contributed by atoms with van der Waals surface area (Å²) < 4.78 is 34.6. The van der Waals surface area contributed by atoms with Crippen LogP contribution in [-0.2, 0) is 9.63 Å². The molecule has 0 aliphatic heterocycles. The Balaban J connectivity index is 3.55. The molecule has 3 N–H and O–H groups in total. The molecular weight excluding hydrogens is 201 g/mol. The zero-order valence-corrected chi connectivity index (χ0v) is 7.73. The Kier molecular flexibility index (Phi) is 5.47. The number of carbonyl (C=O) groups is 1. The molecule has 0 aromatic heterocycles. The second kappa shape index (κ2) is 5.82. The maximum absolute atomic E-state index is 11.5. The number of rotatable bonds is 5. The third kappa shape index (κ3) is 7.81. The smallest absolute Gasteiger partial charge is 0.330 e. The first-order valence-corrected chi connectivity index (χ1v) is 4.02. The van der Waals surface area contributed by atoms with E-state index in [0.717, 1.165) is 0 Å². The number of carbonyl (C=O) groups excluding carboxylic acids is 1. The first-order chi connectivity index (χ1) is 6.35. The monoisotopic (exact) mass is 214 g/mol. The van der Waals surface area contributed by atoms with Gasteiger partial charge in [-0.2, -0.15) is 13.2 Å². The van der Waals surface area contributed by atoms with Gasteiger partial charge in [-0.25, -0.2) is 5.48 Å². The largest absolute Gasteiger partial charge is 0.414 e. The highest BCUT2D eigenvalue weighted by Crippen LogP contribution is 2.13. The van der Waals surface area contributed by atoms with Crippen molar-refractivity contribution in [3.8, 4) is 0 Å². The predicted octanol–water partition coefficient (Wildman–Crippen LogP) is 0.581. The van der Waals surface area contributed by atoms with Gasteiger partial charge in [0.1, 0.15) is 0 Å². The summed E-state index contributed by atoms with van der Waals surface area (Å²) in [6.45, 7) is 0.520. The topological polar surface area (TPSA) is 64.4 Å². The molecular formula is C7H13F3N2O2. The van der Waals surface area contributed by atoms with Crippen molar-refractivity contribution >= 4 is 5.91 Å². The minimum absolute atomic E-state index is 0.0500. The Morgan fingerprint density at radius 1 is 1.57 bits per heavy atom. The number of amides is 1. The predicted molar refractivity (Wildman–Crippen MR) is 43.0 cm³/mol. The van der Waals surface area contributed by atoms with Crippen LogP contribution < -0.4 is 11.2 Å². The molecule has 0 heterocycles. The van der Waals surface area contributed by atoms with Gasteiger partial charge in [-0.1, -0.05) is 6.92 Å². The Labute approximate surface area is 79.5 Å². The normalized spacial score (nSPS) is 13.8. The molecule has 0 spiro atoms. The second-order valence-electron chi connectivity index (χ2n) is 2.97. The molecule has 1 unspecified atom stereocenters. The van der Waals surface area contributed by atoms with Crippen LogP contribution in [-0.4, -0.2) is 25.2 Å². The summed E-state index contributed by atoms with van der Waals surface area (Å²) in [6, 6.07) is 0. The van der Waals surface area contributed by atoms with E-state index in [9.17, 15) is 18.0 Å². The molecule has 0 rings (SSSR count). The highest BCUT2D eigenvalue weighted by atomic mass is 19.4. The number of nitrogens with two attached hydrogens (primary N) is 1. The summed E-state index contributed by atoms with van der Waals surface area (Å²) in [4.78, 5) is 14.8. The van der Waals surface area contributed by atoms with Gasteiger partial charge in [0.25, 0.3) is 0 Å². The first-order valence-electron chi connectivity index (χ1n) is 4.02. The Hall–Kier alpha value is -0.820. The fourth-order valence-electron chi connectivity index (χ4n) is 0.640. The summed E-state index contributed by atoms with van der Waals surface area (Å²) in [5.41, 5.74) is 6.91. The number of hydrogen-bond acceptors (Lipinski definition) is 3. The van der Waals surface area contributed by atoms with Crippen molar-refractivity contribution in [1.29, 1.82) is 0 Å². The zero-order valence-electron chi connectivity index (χ0n) is 7.73. The van der Waals surface area contributed by atoms with Crippen LogP contribution >= 0.6 is 0 Å². The molecule has 84 valence electrons. The van der Waals surface area contributed by atoms with E-state index in [0.29, 0.717) is 6.54 Å². The van der Waals surface area contributed by atoms with Gasteiger partial charge >= 0.3 is 6.18 Å². The molecule has 0 aliphatic carbocycles. The summed E-state index contributed by atoms with van der Waals surface area (Å²) >= 11 is 0. The van der Waals surface area contributed by atoms with Crippen LogP contribution in [0, 0.1) is 5.92 Å². The number of hydrogen-bond donors (Lipinski definition) is 2. The molecule has 0 radical (unpaired) electrons. The van der Waals surface area contributed by atoms with Crippen molar-refractivity contribution in [3.63, 3.8) is 0 Å². The van der Waals surface area contributed by atoms with Gasteiger partial charge in [0.15, 0.2) is 6.61 Å². The van der Waals surface area contributed by atoms with Crippen LogP contribution in [0.3, 0.4) is 0 Å². The lowest BCUT2D eigenvalue weighted by Gasteiger charge is -2.10. The summed E-state index contributed by atoms with van der Waals surface area (Å²) in [5, 5.41) is 0. The molecule has 0 saturated carbocycles. The third-order valence-electron chi connectivity index (χ3n) is 1.36. The molecule has 0 saturated heterocycles. The summed E-state index contributed by atoms with van der Waals surface area (Å²) in [6.07, 6.45) is -4.39. The maximum atomic E-state index is 11.5. The van der Waals surface area contributed by atoms with Crippen LogP contribution in [0.2, 0.25) is 0 Å². The van der Waals surface area contributed by atoms with E-state index in [1.165, 1.54) is 0 Å². The van der Waals surface area contributed by atoms with Gasteiger partial charge in [-0.3, -0.25) is 9.63 Å². The van der Waals surface area contributed by atoms with Crippen molar-refractivity contribution in [3.05, 3.63) is 0 Å². The van der Waals surface area contributed by atoms with Crippen molar-refractivity contribution in [2.75, 3.05) is 13.2 Å². The SMILES string of the molecule is CC(CN)CC(=O)NOCC(F)(F)F. The molecule has 1 amide bonds. The summed E-state index contributed by atoms with van der Waals surface area (Å²) in [7, 11) is 0. The molecule has 1 atom stereocenters. The highest BCUT2D eigenvalue weighted by Gasteiger charge is 2.28. The van der Waals surface area contributed by atoms with Gasteiger partial charge in [-0.05, 0) is 12.5 Å². The number of hydroxylamine groups is 1. The second-order valence-corrected chi connectivity index (χ2v) is 2.97. The maximum Gasteiger partial charge on any atom is 0.414 e. The zero-order chi connectivity index (χ0) is 11.2. The average Bonchev–Trinajstić information content (AvgIpc) is 2.01. The van der Waals surface area contributed by atoms with Crippen LogP contribution in [0.25, 0.3) is 0 Å².